The number of nitrogens with zero attached hydrogens (tertiary/aromatic N) is 1. The Morgan fingerprint density at radius 1 is 1.10 bits per heavy atom. The summed E-state index contributed by atoms with van der Waals surface area (Å²) in [5.74, 6) is -0.317. The summed E-state index contributed by atoms with van der Waals surface area (Å²) >= 11 is 5.88. The quantitative estimate of drug-likeness (QED) is 0.358. The molecule has 0 fully saturated rings. The van der Waals surface area contributed by atoms with Crippen molar-refractivity contribution in [3.63, 3.8) is 0 Å². The standard InChI is InChI=1S/C22H17ClF3NO3/c1-13-10-17(29-2)18(30-12-14-6-4-3-5-7-14)11-15(13)20(28)19-16(22(24,25)26)8-9-27-21(19)23/h3-11H,12H2,1-2H3. The lowest BCUT2D eigenvalue weighted by Crippen LogP contribution is -2.16. The van der Waals surface area contributed by atoms with E-state index in [2.05, 4.69) is 4.98 Å². The number of methoxy groups -OCH3 is 1. The minimum Gasteiger partial charge on any atom is -0.493 e. The van der Waals surface area contributed by atoms with E-state index < -0.39 is 28.2 Å². The molecule has 4 nitrogen and oxygen atoms in total. The first-order valence-corrected chi connectivity index (χ1v) is 9.22. The Bertz CT molecular complexity index is 1070. The number of halogens is 4. The first kappa shape index (κ1) is 21.6. The molecule has 0 aliphatic carbocycles. The molecule has 0 amide bonds. The molecule has 0 radical (unpaired) electrons. The fourth-order valence-electron chi connectivity index (χ4n) is 2.94. The zero-order valence-electron chi connectivity index (χ0n) is 16.1. The Hall–Kier alpha value is -3.06. The fraction of sp³-hybridized carbons (Fsp3) is 0.182. The number of benzene rings is 2. The van der Waals surface area contributed by atoms with Crippen LogP contribution in [0.1, 0.15) is 32.6 Å². The number of hydrogen-bond acceptors (Lipinski definition) is 4. The average molecular weight is 436 g/mol. The van der Waals surface area contributed by atoms with Crippen LogP contribution in [0.2, 0.25) is 5.15 Å². The highest BCUT2D eigenvalue weighted by Gasteiger charge is 2.37. The van der Waals surface area contributed by atoms with Gasteiger partial charge in [-0.3, -0.25) is 4.79 Å². The number of aryl methyl sites for hydroxylation is 1. The molecule has 0 atom stereocenters. The molecule has 0 N–H and O–H groups in total. The van der Waals surface area contributed by atoms with Crippen LogP contribution in [0.3, 0.4) is 0 Å². The monoisotopic (exact) mass is 435 g/mol. The molecule has 0 spiro atoms. The minimum absolute atomic E-state index is 0.0132. The third kappa shape index (κ3) is 4.57. The van der Waals surface area contributed by atoms with Gasteiger partial charge in [0.15, 0.2) is 17.3 Å². The van der Waals surface area contributed by atoms with Crippen molar-refractivity contribution in [3.05, 3.63) is 87.7 Å². The van der Waals surface area contributed by atoms with Crippen molar-refractivity contribution in [1.82, 2.24) is 4.98 Å². The van der Waals surface area contributed by atoms with Crippen molar-refractivity contribution in [2.24, 2.45) is 0 Å². The summed E-state index contributed by atoms with van der Waals surface area (Å²) < 4.78 is 51.4. The van der Waals surface area contributed by atoms with Crippen molar-refractivity contribution in [2.45, 2.75) is 19.7 Å². The second-order valence-electron chi connectivity index (χ2n) is 6.44. The molecule has 0 aliphatic heterocycles. The molecular formula is C22H17ClF3NO3. The first-order valence-electron chi connectivity index (χ1n) is 8.84. The summed E-state index contributed by atoms with van der Waals surface area (Å²) in [6.07, 6.45) is -3.85. The zero-order chi connectivity index (χ0) is 21.9. The molecule has 0 unspecified atom stereocenters. The van der Waals surface area contributed by atoms with Gasteiger partial charge in [-0.15, -0.1) is 0 Å². The molecule has 3 rings (SSSR count). The van der Waals surface area contributed by atoms with E-state index in [1.54, 1.807) is 6.92 Å². The van der Waals surface area contributed by atoms with Crippen LogP contribution in [0.25, 0.3) is 0 Å². The summed E-state index contributed by atoms with van der Waals surface area (Å²) in [4.78, 5) is 16.7. The van der Waals surface area contributed by atoms with Crippen LogP contribution in [0.5, 0.6) is 11.5 Å². The van der Waals surface area contributed by atoms with Gasteiger partial charge in [0.25, 0.3) is 0 Å². The SMILES string of the molecule is COc1cc(C)c(C(=O)c2c(C(F)(F)F)ccnc2Cl)cc1OCc1ccccc1. The smallest absolute Gasteiger partial charge is 0.417 e. The van der Waals surface area contributed by atoms with E-state index in [1.165, 1.54) is 19.2 Å². The van der Waals surface area contributed by atoms with E-state index in [9.17, 15) is 18.0 Å². The van der Waals surface area contributed by atoms with Gasteiger partial charge in [-0.1, -0.05) is 41.9 Å². The number of ketones is 1. The van der Waals surface area contributed by atoms with Crippen LogP contribution in [0.15, 0.2) is 54.7 Å². The van der Waals surface area contributed by atoms with E-state index in [4.69, 9.17) is 21.1 Å². The van der Waals surface area contributed by atoms with E-state index in [1.807, 2.05) is 30.3 Å². The summed E-state index contributed by atoms with van der Waals surface area (Å²) in [6, 6.07) is 12.9. The zero-order valence-corrected chi connectivity index (χ0v) is 16.8. The normalized spacial score (nSPS) is 11.3. The largest absolute Gasteiger partial charge is 0.493 e. The van der Waals surface area contributed by atoms with Crippen molar-refractivity contribution in [3.8, 4) is 11.5 Å². The van der Waals surface area contributed by atoms with Gasteiger partial charge < -0.3 is 9.47 Å². The molecular weight excluding hydrogens is 419 g/mol. The van der Waals surface area contributed by atoms with Crippen LogP contribution >= 0.6 is 11.6 Å². The lowest BCUT2D eigenvalue weighted by atomic mass is 9.96. The van der Waals surface area contributed by atoms with Crippen molar-refractivity contribution in [1.29, 1.82) is 0 Å². The molecule has 1 aromatic heterocycles. The maximum absolute atomic E-state index is 13.4. The molecule has 0 saturated carbocycles. The minimum atomic E-state index is -4.76. The van der Waals surface area contributed by atoms with Gasteiger partial charge in [-0.05, 0) is 36.2 Å². The van der Waals surface area contributed by atoms with Gasteiger partial charge in [0, 0.05) is 11.8 Å². The number of hydrogen-bond donors (Lipinski definition) is 0. The Kier molecular flexibility index (Phi) is 6.31. The number of alkyl halides is 3. The molecule has 2 aromatic carbocycles. The lowest BCUT2D eigenvalue weighted by molar-refractivity contribution is -0.137. The van der Waals surface area contributed by atoms with Crippen LogP contribution < -0.4 is 9.47 Å². The third-order valence-corrected chi connectivity index (χ3v) is 4.72. The highest BCUT2D eigenvalue weighted by Crippen LogP contribution is 2.37. The molecule has 8 heteroatoms. The second kappa shape index (κ2) is 8.75. The molecule has 1 heterocycles. The maximum atomic E-state index is 13.4. The number of ether oxygens (including phenoxy) is 2. The van der Waals surface area contributed by atoms with Crippen LogP contribution in [0.4, 0.5) is 13.2 Å². The molecule has 0 saturated heterocycles. The molecule has 0 aliphatic rings. The van der Waals surface area contributed by atoms with Crippen LogP contribution in [-0.2, 0) is 12.8 Å². The Morgan fingerprint density at radius 3 is 2.43 bits per heavy atom. The van der Waals surface area contributed by atoms with E-state index in [-0.39, 0.29) is 17.9 Å². The molecule has 3 aromatic rings. The average Bonchev–Trinajstić information content (AvgIpc) is 2.72. The van der Waals surface area contributed by atoms with E-state index in [0.29, 0.717) is 11.3 Å². The predicted molar refractivity (Wildman–Crippen MR) is 106 cm³/mol. The maximum Gasteiger partial charge on any atom is 0.417 e. The number of carbonyl (C=O) groups is 1. The lowest BCUT2D eigenvalue weighted by Gasteiger charge is -2.16. The first-order chi connectivity index (χ1) is 14.2. The van der Waals surface area contributed by atoms with Crippen molar-refractivity contribution >= 4 is 17.4 Å². The molecule has 0 bridgehead atoms. The molecule has 156 valence electrons. The number of carbonyl (C=O) groups excluding carboxylic acids is 1. The third-order valence-electron chi connectivity index (χ3n) is 4.43. The fourth-order valence-corrected chi connectivity index (χ4v) is 3.18. The highest BCUT2D eigenvalue weighted by atomic mass is 35.5. The van der Waals surface area contributed by atoms with Gasteiger partial charge in [-0.2, -0.15) is 13.2 Å². The van der Waals surface area contributed by atoms with Crippen molar-refractivity contribution < 1.29 is 27.4 Å². The summed E-state index contributed by atoms with van der Waals surface area (Å²) in [7, 11) is 1.44. The van der Waals surface area contributed by atoms with Crippen LogP contribution in [-0.4, -0.2) is 17.9 Å². The van der Waals surface area contributed by atoms with Crippen molar-refractivity contribution in [2.75, 3.05) is 7.11 Å². The van der Waals surface area contributed by atoms with Crippen LogP contribution in [0, 0.1) is 6.92 Å². The van der Waals surface area contributed by atoms with Gasteiger partial charge in [0.1, 0.15) is 11.8 Å². The summed E-state index contributed by atoms with van der Waals surface area (Å²) in [5.41, 5.74) is -0.540. The summed E-state index contributed by atoms with van der Waals surface area (Å²) in [5, 5.41) is -0.517. The Morgan fingerprint density at radius 2 is 1.80 bits per heavy atom. The predicted octanol–water partition coefficient (Wildman–Crippen LogP) is 5.88. The number of pyridine rings is 1. The van der Waals surface area contributed by atoms with E-state index >= 15 is 0 Å². The van der Waals surface area contributed by atoms with Gasteiger partial charge in [0.05, 0.1) is 18.2 Å². The number of rotatable bonds is 6. The Balaban J connectivity index is 2.03. The number of aromatic nitrogens is 1. The summed E-state index contributed by atoms with van der Waals surface area (Å²) in [6.45, 7) is 1.78. The second-order valence-corrected chi connectivity index (χ2v) is 6.80. The highest BCUT2D eigenvalue weighted by molar-refractivity contribution is 6.34. The van der Waals surface area contributed by atoms with Gasteiger partial charge in [0.2, 0.25) is 0 Å². The van der Waals surface area contributed by atoms with Gasteiger partial charge >= 0.3 is 6.18 Å². The molecule has 30 heavy (non-hydrogen) atoms. The Labute approximate surface area is 176 Å². The topological polar surface area (TPSA) is 48.4 Å². The van der Waals surface area contributed by atoms with Gasteiger partial charge in [-0.25, -0.2) is 4.98 Å². The van der Waals surface area contributed by atoms with E-state index in [0.717, 1.165) is 17.8 Å².